The van der Waals surface area contributed by atoms with Crippen molar-refractivity contribution < 1.29 is 19.0 Å². The zero-order valence-corrected chi connectivity index (χ0v) is 13.6. The zero-order valence-electron chi connectivity index (χ0n) is 13.6. The molecule has 5 heteroatoms. The van der Waals surface area contributed by atoms with Crippen LogP contribution in [0.5, 0.6) is 17.2 Å². The van der Waals surface area contributed by atoms with Gasteiger partial charge in [0.1, 0.15) is 17.2 Å². The minimum absolute atomic E-state index is 0.0272. The second kappa shape index (κ2) is 6.56. The predicted octanol–water partition coefficient (Wildman–Crippen LogP) is 2.92. The molecule has 0 unspecified atom stereocenters. The number of benzene rings is 1. The first-order chi connectivity index (χ1) is 10.5. The number of hydrogen-bond donors (Lipinski definition) is 0. The van der Waals surface area contributed by atoms with Crippen molar-refractivity contribution in [3.8, 4) is 17.2 Å². The van der Waals surface area contributed by atoms with Crippen molar-refractivity contribution in [2.45, 2.75) is 13.8 Å². The molecule has 1 aromatic carbocycles. The van der Waals surface area contributed by atoms with Gasteiger partial charge in [0.15, 0.2) is 6.61 Å². The fourth-order valence-electron chi connectivity index (χ4n) is 2.23. The molecular weight excluding hydrogens is 282 g/mol. The van der Waals surface area contributed by atoms with E-state index in [2.05, 4.69) is 0 Å². The van der Waals surface area contributed by atoms with Gasteiger partial charge in [-0.1, -0.05) is 0 Å². The predicted molar refractivity (Wildman–Crippen MR) is 84.3 cm³/mol. The van der Waals surface area contributed by atoms with Crippen molar-refractivity contribution >= 4 is 5.78 Å². The SMILES string of the molecule is COc1cc(OC)cc(OCC(=O)c2cc(C)n(C)c2C)c1. The summed E-state index contributed by atoms with van der Waals surface area (Å²) in [6, 6.07) is 7.07. The van der Waals surface area contributed by atoms with E-state index in [-0.39, 0.29) is 12.4 Å². The Bertz CT molecular complexity index is 666. The highest BCUT2D eigenvalue weighted by Gasteiger charge is 2.15. The molecule has 2 rings (SSSR count). The van der Waals surface area contributed by atoms with Gasteiger partial charge < -0.3 is 18.8 Å². The summed E-state index contributed by atoms with van der Waals surface area (Å²) in [5.41, 5.74) is 2.67. The second-order valence-corrected chi connectivity index (χ2v) is 5.10. The number of nitrogens with zero attached hydrogens (tertiary/aromatic N) is 1. The lowest BCUT2D eigenvalue weighted by atomic mass is 10.1. The average Bonchev–Trinajstić information content (AvgIpc) is 2.79. The Labute approximate surface area is 130 Å². The number of ketones is 1. The lowest BCUT2D eigenvalue weighted by molar-refractivity contribution is 0.0920. The summed E-state index contributed by atoms with van der Waals surface area (Å²) >= 11 is 0. The molecule has 0 radical (unpaired) electrons. The van der Waals surface area contributed by atoms with Gasteiger partial charge in [-0.25, -0.2) is 0 Å². The van der Waals surface area contributed by atoms with Crippen LogP contribution in [0, 0.1) is 13.8 Å². The Kier molecular flexibility index (Phi) is 4.75. The molecule has 0 aliphatic carbocycles. The van der Waals surface area contributed by atoms with Crippen LogP contribution in [0.2, 0.25) is 0 Å². The summed E-state index contributed by atoms with van der Waals surface area (Å²) in [4.78, 5) is 12.3. The Morgan fingerprint density at radius 2 is 1.55 bits per heavy atom. The maximum Gasteiger partial charge on any atom is 0.202 e. The molecule has 1 heterocycles. The highest BCUT2D eigenvalue weighted by molar-refractivity contribution is 5.98. The molecule has 0 aliphatic heterocycles. The van der Waals surface area contributed by atoms with Crippen LogP contribution in [-0.2, 0) is 7.05 Å². The van der Waals surface area contributed by atoms with E-state index in [0.717, 1.165) is 11.4 Å². The number of ether oxygens (including phenoxy) is 3. The van der Waals surface area contributed by atoms with Gasteiger partial charge in [0.05, 0.1) is 14.2 Å². The third kappa shape index (κ3) is 3.24. The maximum absolute atomic E-state index is 12.3. The van der Waals surface area contributed by atoms with Crippen LogP contribution in [0.3, 0.4) is 0 Å². The smallest absolute Gasteiger partial charge is 0.202 e. The molecule has 2 aromatic rings. The Balaban J connectivity index is 2.12. The molecule has 5 nitrogen and oxygen atoms in total. The lowest BCUT2D eigenvalue weighted by Crippen LogP contribution is -2.12. The number of hydrogen-bond acceptors (Lipinski definition) is 4. The number of Topliss-reactive ketones (excluding diaryl/α,β-unsaturated/α-hetero) is 1. The Hall–Kier alpha value is -2.43. The summed E-state index contributed by atoms with van der Waals surface area (Å²) in [6.45, 7) is 3.87. The number of carbonyl (C=O) groups is 1. The molecule has 0 saturated carbocycles. The van der Waals surface area contributed by atoms with Crippen molar-refractivity contribution in [2.24, 2.45) is 7.05 Å². The third-order valence-electron chi connectivity index (χ3n) is 3.77. The fourth-order valence-corrected chi connectivity index (χ4v) is 2.23. The van der Waals surface area contributed by atoms with Crippen LogP contribution in [0.1, 0.15) is 21.7 Å². The monoisotopic (exact) mass is 303 g/mol. The summed E-state index contributed by atoms with van der Waals surface area (Å²) in [7, 11) is 5.08. The molecule has 0 bridgehead atoms. The van der Waals surface area contributed by atoms with Crippen LogP contribution in [0.25, 0.3) is 0 Å². The average molecular weight is 303 g/mol. The van der Waals surface area contributed by atoms with Gasteiger partial charge in [0.2, 0.25) is 5.78 Å². The molecule has 0 N–H and O–H groups in total. The minimum Gasteiger partial charge on any atom is -0.496 e. The largest absolute Gasteiger partial charge is 0.496 e. The maximum atomic E-state index is 12.3. The molecule has 0 atom stereocenters. The molecule has 22 heavy (non-hydrogen) atoms. The molecule has 0 spiro atoms. The topological polar surface area (TPSA) is 49.7 Å². The first-order valence-electron chi connectivity index (χ1n) is 6.98. The van der Waals surface area contributed by atoms with Gasteiger partial charge in [0.25, 0.3) is 0 Å². The van der Waals surface area contributed by atoms with Crippen molar-refractivity contribution in [1.82, 2.24) is 4.57 Å². The lowest BCUT2D eigenvalue weighted by Gasteiger charge is -2.10. The first-order valence-corrected chi connectivity index (χ1v) is 6.98. The van der Waals surface area contributed by atoms with Gasteiger partial charge in [-0.2, -0.15) is 0 Å². The molecule has 118 valence electrons. The van der Waals surface area contributed by atoms with Crippen molar-refractivity contribution in [3.63, 3.8) is 0 Å². The van der Waals surface area contributed by atoms with Gasteiger partial charge in [-0.3, -0.25) is 4.79 Å². The number of carbonyl (C=O) groups excluding carboxylic acids is 1. The number of rotatable bonds is 6. The molecule has 1 aromatic heterocycles. The number of aromatic nitrogens is 1. The summed E-state index contributed by atoms with van der Waals surface area (Å²) in [5.74, 6) is 1.72. The van der Waals surface area contributed by atoms with Gasteiger partial charge >= 0.3 is 0 Å². The van der Waals surface area contributed by atoms with Crippen molar-refractivity contribution in [2.75, 3.05) is 20.8 Å². The molecule has 0 aliphatic rings. The molecule has 0 saturated heterocycles. The molecule has 0 fully saturated rings. The number of aryl methyl sites for hydroxylation is 1. The van der Waals surface area contributed by atoms with Crippen LogP contribution in [0.15, 0.2) is 24.3 Å². The Morgan fingerprint density at radius 3 is 2.00 bits per heavy atom. The summed E-state index contributed by atoms with van der Waals surface area (Å²) < 4.78 is 17.9. The normalized spacial score (nSPS) is 10.4. The fraction of sp³-hybridized carbons (Fsp3) is 0.353. The van der Waals surface area contributed by atoms with Crippen molar-refractivity contribution in [1.29, 1.82) is 0 Å². The van der Waals surface area contributed by atoms with E-state index < -0.39 is 0 Å². The van der Waals surface area contributed by atoms with E-state index >= 15 is 0 Å². The minimum atomic E-state index is -0.0528. The van der Waals surface area contributed by atoms with Crippen molar-refractivity contribution in [3.05, 3.63) is 41.2 Å². The summed E-state index contributed by atoms with van der Waals surface area (Å²) in [5, 5.41) is 0. The van der Waals surface area contributed by atoms with Crippen LogP contribution in [0.4, 0.5) is 0 Å². The zero-order chi connectivity index (χ0) is 16.3. The molecular formula is C17H21NO4. The highest BCUT2D eigenvalue weighted by Crippen LogP contribution is 2.27. The standard InChI is InChI=1S/C17H21NO4/c1-11-6-16(12(2)18(11)3)17(19)10-22-15-8-13(20-4)7-14(9-15)21-5/h6-9H,10H2,1-5H3. The van der Waals surface area contributed by atoms with E-state index in [1.54, 1.807) is 32.4 Å². The molecule has 0 amide bonds. The third-order valence-corrected chi connectivity index (χ3v) is 3.77. The number of methoxy groups -OCH3 is 2. The van der Waals surface area contributed by atoms with Crippen LogP contribution < -0.4 is 14.2 Å². The first kappa shape index (κ1) is 15.9. The Morgan fingerprint density at radius 1 is 1.00 bits per heavy atom. The highest BCUT2D eigenvalue weighted by atomic mass is 16.5. The van der Waals surface area contributed by atoms with Crippen LogP contribution >= 0.6 is 0 Å². The van der Waals surface area contributed by atoms with Gasteiger partial charge in [0, 0.05) is 42.2 Å². The van der Waals surface area contributed by atoms with Gasteiger partial charge in [-0.15, -0.1) is 0 Å². The van der Waals surface area contributed by atoms with E-state index in [9.17, 15) is 4.79 Å². The summed E-state index contributed by atoms with van der Waals surface area (Å²) in [6.07, 6.45) is 0. The van der Waals surface area contributed by atoms with Gasteiger partial charge in [-0.05, 0) is 19.9 Å². The van der Waals surface area contributed by atoms with E-state index in [1.165, 1.54) is 0 Å². The quantitative estimate of drug-likeness (QED) is 0.770. The van der Waals surface area contributed by atoms with Crippen LogP contribution in [-0.4, -0.2) is 31.2 Å². The van der Waals surface area contributed by atoms with E-state index in [1.807, 2.05) is 31.5 Å². The van der Waals surface area contributed by atoms with E-state index in [0.29, 0.717) is 22.8 Å². The second-order valence-electron chi connectivity index (χ2n) is 5.10. The van der Waals surface area contributed by atoms with E-state index in [4.69, 9.17) is 14.2 Å².